The van der Waals surface area contributed by atoms with Crippen LogP contribution < -0.4 is 0 Å². The fourth-order valence-electron chi connectivity index (χ4n) is 2.21. The third-order valence-electron chi connectivity index (χ3n) is 2.87. The Hall–Kier alpha value is -0.315. The topological polar surface area (TPSA) is 49.7 Å². The molecule has 0 aromatic carbocycles. The molecule has 0 aromatic heterocycles. The Morgan fingerprint density at radius 3 is 2.75 bits per heavy atom. The summed E-state index contributed by atoms with van der Waals surface area (Å²) >= 11 is 0. The van der Waals surface area contributed by atoms with Gasteiger partial charge < -0.3 is 14.9 Å². The molecule has 2 N–H and O–H groups in total. The molecule has 2 aliphatic rings. The molecule has 64 valence electrons. The Kier molecular flexibility index (Phi) is 1.62. The number of ether oxygens (including phenoxy) is 1. The number of hydrogen-bond donors (Lipinski definition) is 2. The quantitative estimate of drug-likeness (QED) is 0.395. The summed E-state index contributed by atoms with van der Waals surface area (Å²) in [7, 11) is 5.61. The number of fused-ring (bicyclic) bond motifs is 2. The van der Waals surface area contributed by atoms with Crippen LogP contribution in [-0.4, -0.2) is 42.4 Å². The van der Waals surface area contributed by atoms with Crippen LogP contribution in [0.5, 0.6) is 0 Å². The Balaban J connectivity index is 2.34. The van der Waals surface area contributed by atoms with Crippen molar-refractivity contribution in [3.05, 3.63) is 12.2 Å². The summed E-state index contributed by atoms with van der Waals surface area (Å²) in [4.78, 5) is 0. The van der Waals surface area contributed by atoms with Crippen LogP contribution in [0.15, 0.2) is 12.2 Å². The van der Waals surface area contributed by atoms with Crippen molar-refractivity contribution in [3.8, 4) is 0 Å². The first-order valence-corrected chi connectivity index (χ1v) is 4.01. The minimum Gasteiger partial charge on any atom is -0.393 e. The molecule has 4 atom stereocenters. The van der Waals surface area contributed by atoms with Gasteiger partial charge in [-0.1, -0.05) is 12.2 Å². The maximum atomic E-state index is 9.69. The summed E-state index contributed by atoms with van der Waals surface area (Å²) in [6.45, 7) is 3.60. The van der Waals surface area contributed by atoms with Crippen molar-refractivity contribution < 1.29 is 14.9 Å². The number of hydrogen-bond acceptors (Lipinski definition) is 3. The Morgan fingerprint density at radius 1 is 1.75 bits per heavy atom. The molecule has 1 saturated carbocycles. The third kappa shape index (κ3) is 0.776. The van der Waals surface area contributed by atoms with Crippen molar-refractivity contribution in [2.75, 3.05) is 6.61 Å². The number of aliphatic hydroxyl groups excluding tert-OH is 2. The fraction of sp³-hybridized carbons (Fsp3) is 0.750. The molecule has 4 heteroatoms. The molecule has 0 amide bonds. The lowest BCUT2D eigenvalue weighted by atomic mass is 9.83. The van der Waals surface area contributed by atoms with E-state index in [9.17, 15) is 5.11 Å². The predicted molar refractivity (Wildman–Crippen MR) is 43.7 cm³/mol. The first kappa shape index (κ1) is 8.29. The molecule has 1 saturated heterocycles. The lowest BCUT2D eigenvalue weighted by molar-refractivity contribution is -0.0931. The van der Waals surface area contributed by atoms with Gasteiger partial charge in [0, 0.05) is 18.3 Å². The van der Waals surface area contributed by atoms with Gasteiger partial charge in [-0.05, 0) is 0 Å². The molecular formula is C8H11BO3. The average Bonchev–Trinajstić information content (AvgIpc) is 2.37. The molecule has 0 aromatic rings. The van der Waals surface area contributed by atoms with E-state index in [2.05, 4.69) is 6.58 Å². The maximum absolute atomic E-state index is 9.69. The number of rotatable bonds is 1. The molecule has 2 rings (SSSR count). The van der Waals surface area contributed by atoms with Gasteiger partial charge in [0.2, 0.25) is 0 Å². The molecule has 2 bridgehead atoms. The minimum absolute atomic E-state index is 0.197. The minimum atomic E-state index is -0.860. The molecular weight excluding hydrogens is 155 g/mol. The van der Waals surface area contributed by atoms with Gasteiger partial charge in [-0.2, -0.15) is 0 Å². The fourth-order valence-corrected chi connectivity index (χ4v) is 2.21. The van der Waals surface area contributed by atoms with E-state index in [1.54, 1.807) is 0 Å². The van der Waals surface area contributed by atoms with Gasteiger partial charge in [-0.15, -0.1) is 0 Å². The van der Waals surface area contributed by atoms with Crippen molar-refractivity contribution in [3.63, 3.8) is 0 Å². The van der Waals surface area contributed by atoms with Gasteiger partial charge in [-0.3, -0.25) is 0 Å². The molecule has 1 aliphatic carbocycles. The lowest BCUT2D eigenvalue weighted by Gasteiger charge is -2.28. The van der Waals surface area contributed by atoms with E-state index in [0.717, 1.165) is 5.57 Å². The average molecular weight is 166 g/mol. The van der Waals surface area contributed by atoms with Crippen molar-refractivity contribution in [2.45, 2.75) is 24.1 Å². The maximum Gasteiger partial charge on any atom is 0.121 e. The van der Waals surface area contributed by atoms with Crippen molar-refractivity contribution in [1.29, 1.82) is 0 Å². The summed E-state index contributed by atoms with van der Waals surface area (Å²) in [5, 5.41) is 18.8. The molecule has 3 nitrogen and oxygen atoms in total. The van der Waals surface area contributed by atoms with Crippen LogP contribution in [0.2, 0.25) is 0 Å². The van der Waals surface area contributed by atoms with E-state index >= 15 is 0 Å². The molecule has 1 aliphatic heterocycles. The molecule has 12 heavy (non-hydrogen) atoms. The van der Waals surface area contributed by atoms with Gasteiger partial charge >= 0.3 is 0 Å². The van der Waals surface area contributed by atoms with E-state index in [4.69, 9.17) is 17.7 Å². The van der Waals surface area contributed by atoms with E-state index in [1.807, 2.05) is 0 Å². The first-order valence-electron chi connectivity index (χ1n) is 4.01. The Labute approximate surface area is 72.4 Å². The van der Waals surface area contributed by atoms with Gasteiger partial charge in [0.25, 0.3) is 0 Å². The molecule has 2 fully saturated rings. The second-order valence-electron chi connectivity index (χ2n) is 3.61. The van der Waals surface area contributed by atoms with Gasteiger partial charge in [-0.25, -0.2) is 0 Å². The largest absolute Gasteiger partial charge is 0.393 e. The molecule has 2 radical (unpaired) electrons. The van der Waals surface area contributed by atoms with Crippen LogP contribution in [-0.2, 0) is 4.74 Å². The van der Waals surface area contributed by atoms with E-state index in [0.29, 0.717) is 6.42 Å². The van der Waals surface area contributed by atoms with E-state index in [-0.39, 0.29) is 12.5 Å². The smallest absolute Gasteiger partial charge is 0.121 e. The second-order valence-corrected chi connectivity index (χ2v) is 3.61. The van der Waals surface area contributed by atoms with Crippen LogP contribution in [0.4, 0.5) is 0 Å². The van der Waals surface area contributed by atoms with E-state index in [1.165, 1.54) is 0 Å². The predicted octanol–water partition coefficient (Wildman–Crippen LogP) is -0.821. The summed E-state index contributed by atoms with van der Waals surface area (Å²) in [6, 6.07) is -0.506. The number of aliphatic hydroxyl groups is 2. The zero-order valence-electron chi connectivity index (χ0n) is 6.73. The second kappa shape index (κ2) is 2.34. The SMILES string of the molecule is [B][C@@H]1O[C@@]2(CO)CC(=C)[C@@H]1[C@@H]2O. The van der Waals surface area contributed by atoms with Gasteiger partial charge in [0.05, 0.1) is 12.7 Å². The van der Waals surface area contributed by atoms with E-state index < -0.39 is 17.7 Å². The standard InChI is InChI=1S/C8H11BO3/c1-4-2-8(3-10)6(11)5(4)7(9)12-8/h5-7,10-11H,1-3H2/t5-,6+,7-,8-/m1/s1. The highest BCUT2D eigenvalue weighted by molar-refractivity contribution is 6.11. The summed E-state index contributed by atoms with van der Waals surface area (Å²) in [5.41, 5.74) is 0.0246. The normalized spacial score (nSPS) is 51.8. The Bertz CT molecular complexity index is 230. The highest BCUT2D eigenvalue weighted by Crippen LogP contribution is 2.49. The zero-order chi connectivity index (χ0) is 8.93. The van der Waals surface area contributed by atoms with Crippen LogP contribution >= 0.6 is 0 Å². The van der Waals surface area contributed by atoms with Crippen LogP contribution in [0.1, 0.15) is 6.42 Å². The molecule has 0 spiro atoms. The molecule has 0 unspecified atom stereocenters. The monoisotopic (exact) mass is 166 g/mol. The third-order valence-corrected chi connectivity index (χ3v) is 2.87. The summed E-state index contributed by atoms with van der Waals surface area (Å²) in [6.07, 6.45) is -0.173. The van der Waals surface area contributed by atoms with Crippen molar-refractivity contribution >= 4 is 7.85 Å². The highest BCUT2D eigenvalue weighted by atomic mass is 16.5. The molecule has 1 heterocycles. The highest BCUT2D eigenvalue weighted by Gasteiger charge is 2.59. The van der Waals surface area contributed by atoms with Gasteiger partial charge in [0.15, 0.2) is 0 Å². The first-order chi connectivity index (χ1) is 5.60. The van der Waals surface area contributed by atoms with Crippen molar-refractivity contribution in [2.24, 2.45) is 5.92 Å². The van der Waals surface area contributed by atoms with Crippen LogP contribution in [0.3, 0.4) is 0 Å². The van der Waals surface area contributed by atoms with Gasteiger partial charge in [0.1, 0.15) is 13.4 Å². The zero-order valence-corrected chi connectivity index (χ0v) is 6.73. The Morgan fingerprint density at radius 2 is 2.42 bits per heavy atom. The van der Waals surface area contributed by atoms with Crippen LogP contribution in [0, 0.1) is 5.92 Å². The lowest BCUT2D eigenvalue weighted by Crippen LogP contribution is -2.40. The summed E-state index contributed by atoms with van der Waals surface area (Å²) < 4.78 is 5.30. The summed E-state index contributed by atoms with van der Waals surface area (Å²) in [5.74, 6) is -0.197. The van der Waals surface area contributed by atoms with Crippen molar-refractivity contribution in [1.82, 2.24) is 0 Å². The van der Waals surface area contributed by atoms with Crippen LogP contribution in [0.25, 0.3) is 0 Å².